The van der Waals surface area contributed by atoms with Crippen molar-refractivity contribution in [2.75, 3.05) is 0 Å². The molecule has 23 heavy (non-hydrogen) atoms. The van der Waals surface area contributed by atoms with Crippen molar-refractivity contribution in [3.8, 4) is 0 Å². The molecule has 0 spiro atoms. The second-order valence-corrected chi connectivity index (χ2v) is 6.68. The Bertz CT molecular complexity index is 792. The molecule has 0 radical (unpaired) electrons. The topological polar surface area (TPSA) is 82.1 Å². The average molecular weight is 322 g/mol. The summed E-state index contributed by atoms with van der Waals surface area (Å²) in [6, 6.07) is 0. The van der Waals surface area contributed by atoms with Crippen LogP contribution in [0.2, 0.25) is 0 Å². The van der Waals surface area contributed by atoms with E-state index in [-0.39, 0.29) is 11.2 Å². The summed E-state index contributed by atoms with van der Waals surface area (Å²) >= 11 is 0. The number of rotatable bonds is 7. The van der Waals surface area contributed by atoms with Crippen LogP contribution in [0.1, 0.15) is 46.5 Å². The molecule has 1 N–H and O–H groups in total. The number of fused-ring (bicyclic) bond motifs is 1. The molecule has 7 nitrogen and oxygen atoms in total. The highest BCUT2D eigenvalue weighted by atomic mass is 16.3. The van der Waals surface area contributed by atoms with Crippen LogP contribution in [-0.4, -0.2) is 29.4 Å². The number of imidazole rings is 1. The normalized spacial score (nSPS) is 12.2. The number of hydrogen-bond acceptors (Lipinski definition) is 4. The molecule has 0 saturated carbocycles. The first-order valence-corrected chi connectivity index (χ1v) is 8.13. The molecule has 0 aliphatic carbocycles. The summed E-state index contributed by atoms with van der Waals surface area (Å²) in [6.45, 7) is 6.60. The third-order valence-electron chi connectivity index (χ3n) is 3.99. The summed E-state index contributed by atoms with van der Waals surface area (Å²) in [7, 11) is 1.64. The van der Waals surface area contributed by atoms with Crippen LogP contribution in [0, 0.1) is 0 Å². The molecule has 0 fully saturated rings. The van der Waals surface area contributed by atoms with Crippen LogP contribution in [0.3, 0.4) is 0 Å². The largest absolute Gasteiger partial charge is 0.390 e. The van der Waals surface area contributed by atoms with Gasteiger partial charge in [0.2, 0.25) is 0 Å². The lowest BCUT2D eigenvalue weighted by atomic mass is 10.0. The van der Waals surface area contributed by atoms with Crippen LogP contribution >= 0.6 is 0 Å². The smallest absolute Gasteiger partial charge is 0.332 e. The van der Waals surface area contributed by atoms with Crippen molar-refractivity contribution in [1.29, 1.82) is 0 Å². The van der Waals surface area contributed by atoms with Gasteiger partial charge in [-0.15, -0.1) is 0 Å². The van der Waals surface area contributed by atoms with Gasteiger partial charge in [-0.25, -0.2) is 9.78 Å². The molecule has 0 bridgehead atoms. The Morgan fingerprint density at radius 2 is 1.91 bits per heavy atom. The highest BCUT2D eigenvalue weighted by Crippen LogP contribution is 2.12. The van der Waals surface area contributed by atoms with Crippen molar-refractivity contribution >= 4 is 11.2 Å². The van der Waals surface area contributed by atoms with E-state index in [1.54, 1.807) is 27.2 Å². The minimum atomic E-state index is -0.723. The summed E-state index contributed by atoms with van der Waals surface area (Å²) in [4.78, 5) is 29.3. The zero-order valence-corrected chi connectivity index (χ0v) is 14.4. The Morgan fingerprint density at radius 1 is 1.22 bits per heavy atom. The molecule has 2 aromatic rings. The van der Waals surface area contributed by atoms with Gasteiger partial charge in [-0.3, -0.25) is 13.9 Å². The molecular formula is C16H26N4O3. The molecule has 0 unspecified atom stereocenters. The number of nitrogens with zero attached hydrogens (tertiary/aromatic N) is 4. The van der Waals surface area contributed by atoms with Gasteiger partial charge in [0.1, 0.15) is 0 Å². The molecule has 0 amide bonds. The Balaban J connectivity index is 2.34. The fourth-order valence-electron chi connectivity index (χ4n) is 2.76. The van der Waals surface area contributed by atoms with Gasteiger partial charge in [0.15, 0.2) is 11.2 Å². The molecule has 0 saturated heterocycles. The summed E-state index contributed by atoms with van der Waals surface area (Å²) in [5.41, 5.74) is -0.429. The van der Waals surface area contributed by atoms with Crippen molar-refractivity contribution in [3.05, 3.63) is 27.2 Å². The summed E-state index contributed by atoms with van der Waals surface area (Å²) in [6.07, 6.45) is 4.57. The lowest BCUT2D eigenvalue weighted by Crippen LogP contribution is -2.39. The first kappa shape index (κ1) is 17.5. The Kier molecular flexibility index (Phi) is 5.09. The molecule has 0 aliphatic rings. The van der Waals surface area contributed by atoms with Gasteiger partial charge in [0.05, 0.1) is 11.9 Å². The SMILES string of the molecule is CCCn1cnc2c1c(=O)n(CCCCC(C)(C)O)c(=O)n2C. The van der Waals surface area contributed by atoms with E-state index in [9.17, 15) is 14.7 Å². The fourth-order valence-corrected chi connectivity index (χ4v) is 2.76. The third kappa shape index (κ3) is 3.72. The second-order valence-electron chi connectivity index (χ2n) is 6.68. The quantitative estimate of drug-likeness (QED) is 0.778. The number of aromatic nitrogens is 4. The number of hydrogen-bond donors (Lipinski definition) is 1. The van der Waals surface area contributed by atoms with Crippen LogP contribution in [-0.2, 0) is 20.1 Å². The van der Waals surface area contributed by atoms with Gasteiger partial charge in [-0.2, -0.15) is 0 Å². The van der Waals surface area contributed by atoms with E-state index in [0.717, 1.165) is 12.8 Å². The molecule has 0 atom stereocenters. The van der Waals surface area contributed by atoms with Crippen molar-refractivity contribution < 1.29 is 5.11 Å². The molecule has 2 aromatic heterocycles. The Labute approximate surface area is 135 Å². The number of unbranched alkanes of at least 4 members (excludes halogenated alkanes) is 1. The van der Waals surface area contributed by atoms with Crippen LogP contribution in [0.25, 0.3) is 11.2 Å². The van der Waals surface area contributed by atoms with E-state index in [4.69, 9.17) is 0 Å². The van der Waals surface area contributed by atoms with Crippen molar-refractivity contribution in [2.45, 2.75) is 65.1 Å². The van der Waals surface area contributed by atoms with Crippen molar-refractivity contribution in [2.24, 2.45) is 7.05 Å². The van der Waals surface area contributed by atoms with E-state index >= 15 is 0 Å². The van der Waals surface area contributed by atoms with Gasteiger partial charge in [0.25, 0.3) is 5.56 Å². The number of aliphatic hydroxyl groups is 1. The van der Waals surface area contributed by atoms with E-state index in [1.807, 2.05) is 11.5 Å². The lowest BCUT2D eigenvalue weighted by Gasteiger charge is -2.16. The maximum atomic E-state index is 12.7. The lowest BCUT2D eigenvalue weighted by molar-refractivity contribution is 0.0678. The maximum Gasteiger partial charge on any atom is 0.332 e. The summed E-state index contributed by atoms with van der Waals surface area (Å²) in [5.74, 6) is 0. The molecular weight excluding hydrogens is 296 g/mol. The Hall–Kier alpha value is -1.89. The van der Waals surface area contributed by atoms with Gasteiger partial charge in [0, 0.05) is 20.1 Å². The molecule has 128 valence electrons. The van der Waals surface area contributed by atoms with E-state index < -0.39 is 5.60 Å². The van der Waals surface area contributed by atoms with Gasteiger partial charge < -0.3 is 9.67 Å². The molecule has 0 aromatic carbocycles. The van der Waals surface area contributed by atoms with Crippen LogP contribution < -0.4 is 11.2 Å². The zero-order valence-electron chi connectivity index (χ0n) is 14.4. The van der Waals surface area contributed by atoms with Crippen molar-refractivity contribution in [1.82, 2.24) is 18.7 Å². The van der Waals surface area contributed by atoms with E-state index in [2.05, 4.69) is 4.98 Å². The predicted molar refractivity (Wildman–Crippen MR) is 89.7 cm³/mol. The summed E-state index contributed by atoms with van der Waals surface area (Å²) in [5, 5.41) is 9.73. The minimum absolute atomic E-state index is 0.280. The zero-order chi connectivity index (χ0) is 17.2. The summed E-state index contributed by atoms with van der Waals surface area (Å²) < 4.78 is 4.52. The van der Waals surface area contributed by atoms with Gasteiger partial charge in [-0.1, -0.05) is 6.92 Å². The molecule has 2 rings (SSSR count). The van der Waals surface area contributed by atoms with Crippen LogP contribution in [0.15, 0.2) is 15.9 Å². The van der Waals surface area contributed by atoms with Crippen LogP contribution in [0.4, 0.5) is 0 Å². The highest BCUT2D eigenvalue weighted by molar-refractivity contribution is 5.69. The van der Waals surface area contributed by atoms with E-state index in [0.29, 0.717) is 37.1 Å². The van der Waals surface area contributed by atoms with Crippen LogP contribution in [0.5, 0.6) is 0 Å². The second kappa shape index (κ2) is 6.70. The standard InChI is InChI=1S/C16H26N4O3/c1-5-9-19-11-17-13-12(19)14(21)20(15(22)18(13)4)10-7-6-8-16(2,3)23/h11,23H,5-10H2,1-4H3. The van der Waals surface area contributed by atoms with Gasteiger partial charge >= 0.3 is 5.69 Å². The maximum absolute atomic E-state index is 12.7. The first-order chi connectivity index (χ1) is 10.8. The molecule has 0 aliphatic heterocycles. The first-order valence-electron chi connectivity index (χ1n) is 8.13. The number of aryl methyl sites for hydroxylation is 2. The monoisotopic (exact) mass is 322 g/mol. The fraction of sp³-hybridized carbons (Fsp3) is 0.688. The van der Waals surface area contributed by atoms with E-state index in [1.165, 1.54) is 9.13 Å². The van der Waals surface area contributed by atoms with Gasteiger partial charge in [-0.05, 0) is 39.5 Å². The molecule has 7 heteroatoms. The average Bonchev–Trinajstić information content (AvgIpc) is 2.87. The molecule has 2 heterocycles. The van der Waals surface area contributed by atoms with Crippen molar-refractivity contribution in [3.63, 3.8) is 0 Å². The highest BCUT2D eigenvalue weighted by Gasteiger charge is 2.16. The predicted octanol–water partition coefficient (Wildman–Crippen LogP) is 1.25. The Morgan fingerprint density at radius 3 is 2.52 bits per heavy atom. The minimum Gasteiger partial charge on any atom is -0.390 e. The third-order valence-corrected chi connectivity index (χ3v) is 3.99.